The van der Waals surface area contributed by atoms with Crippen molar-refractivity contribution in [3.63, 3.8) is 0 Å². The van der Waals surface area contributed by atoms with Gasteiger partial charge < -0.3 is 10.8 Å². The SMILES string of the molecule is Cc1cc(S(=O)(=O)N2CCCC2CCCO)cc(N)c1C. The second-order valence-electron chi connectivity index (χ2n) is 5.73. The fraction of sp³-hybridized carbons (Fsp3) is 0.600. The molecule has 21 heavy (non-hydrogen) atoms. The lowest BCUT2D eigenvalue weighted by atomic mass is 10.1. The van der Waals surface area contributed by atoms with Crippen LogP contribution in [-0.2, 0) is 10.0 Å². The van der Waals surface area contributed by atoms with E-state index < -0.39 is 10.0 Å². The van der Waals surface area contributed by atoms with Gasteiger partial charge in [-0.3, -0.25) is 0 Å². The lowest BCUT2D eigenvalue weighted by Gasteiger charge is -2.24. The van der Waals surface area contributed by atoms with Crippen LogP contribution in [0.15, 0.2) is 17.0 Å². The second kappa shape index (κ2) is 6.34. The molecule has 1 aliphatic rings. The van der Waals surface area contributed by atoms with Crippen LogP contribution in [0.2, 0.25) is 0 Å². The first kappa shape index (κ1) is 16.3. The third kappa shape index (κ3) is 3.22. The van der Waals surface area contributed by atoms with E-state index >= 15 is 0 Å². The number of nitrogens with two attached hydrogens (primary N) is 1. The molecule has 5 nitrogen and oxygen atoms in total. The Labute approximate surface area is 126 Å². The Kier molecular flexibility index (Phi) is 4.91. The standard InChI is InChI=1S/C15H24N2O3S/c1-11-9-14(10-15(16)12(11)2)21(19,20)17-7-3-5-13(17)6-4-8-18/h9-10,13,18H,3-8,16H2,1-2H3. The molecule has 6 heteroatoms. The minimum absolute atomic E-state index is 0.00927. The van der Waals surface area contributed by atoms with Crippen molar-refractivity contribution in [2.75, 3.05) is 18.9 Å². The number of aryl methyl sites for hydroxylation is 1. The highest BCUT2D eigenvalue weighted by Crippen LogP contribution is 2.30. The molecule has 0 aliphatic carbocycles. The molecule has 118 valence electrons. The summed E-state index contributed by atoms with van der Waals surface area (Å²) in [6.45, 7) is 4.41. The maximum absolute atomic E-state index is 12.8. The van der Waals surface area contributed by atoms with Gasteiger partial charge in [0.15, 0.2) is 0 Å². The number of rotatable bonds is 5. The molecule has 2 rings (SSSR count). The number of hydrogen-bond acceptors (Lipinski definition) is 4. The molecule has 1 atom stereocenters. The smallest absolute Gasteiger partial charge is 0.243 e. The van der Waals surface area contributed by atoms with Crippen molar-refractivity contribution in [3.8, 4) is 0 Å². The Morgan fingerprint density at radius 2 is 2.10 bits per heavy atom. The number of aliphatic hydroxyl groups excluding tert-OH is 1. The molecule has 1 saturated heterocycles. The van der Waals surface area contributed by atoms with Crippen molar-refractivity contribution in [1.29, 1.82) is 0 Å². The van der Waals surface area contributed by atoms with E-state index in [-0.39, 0.29) is 17.5 Å². The Hall–Kier alpha value is -1.11. The molecule has 0 spiro atoms. The summed E-state index contributed by atoms with van der Waals surface area (Å²) in [6.07, 6.45) is 3.07. The summed E-state index contributed by atoms with van der Waals surface area (Å²) in [5, 5.41) is 8.95. The summed E-state index contributed by atoms with van der Waals surface area (Å²) in [5.74, 6) is 0. The van der Waals surface area contributed by atoms with Crippen molar-refractivity contribution in [2.45, 2.75) is 50.5 Å². The molecule has 0 aromatic heterocycles. The first-order chi connectivity index (χ1) is 9.87. The van der Waals surface area contributed by atoms with Gasteiger partial charge in [-0.15, -0.1) is 0 Å². The van der Waals surface area contributed by atoms with Gasteiger partial charge in [0.25, 0.3) is 0 Å². The zero-order valence-electron chi connectivity index (χ0n) is 12.7. The van der Waals surface area contributed by atoms with Gasteiger partial charge in [-0.25, -0.2) is 8.42 Å². The molecule has 1 aliphatic heterocycles. The highest BCUT2D eigenvalue weighted by molar-refractivity contribution is 7.89. The number of hydrogen-bond donors (Lipinski definition) is 2. The Morgan fingerprint density at radius 1 is 1.38 bits per heavy atom. The molecule has 1 aromatic rings. The van der Waals surface area contributed by atoms with E-state index in [0.717, 1.165) is 24.0 Å². The quantitative estimate of drug-likeness (QED) is 0.812. The molecule has 3 N–H and O–H groups in total. The van der Waals surface area contributed by atoms with E-state index in [1.54, 1.807) is 16.4 Å². The largest absolute Gasteiger partial charge is 0.398 e. The molecule has 0 bridgehead atoms. The molecule has 1 fully saturated rings. The minimum Gasteiger partial charge on any atom is -0.398 e. The summed E-state index contributed by atoms with van der Waals surface area (Å²) in [4.78, 5) is 0.277. The van der Waals surface area contributed by atoms with Gasteiger partial charge in [0.05, 0.1) is 4.90 Å². The summed E-state index contributed by atoms with van der Waals surface area (Å²) in [7, 11) is -3.51. The van der Waals surface area contributed by atoms with E-state index in [0.29, 0.717) is 25.1 Å². The van der Waals surface area contributed by atoms with Crippen LogP contribution in [0.25, 0.3) is 0 Å². The van der Waals surface area contributed by atoms with Gasteiger partial charge in [0.2, 0.25) is 10.0 Å². The minimum atomic E-state index is -3.51. The number of benzene rings is 1. The second-order valence-corrected chi connectivity index (χ2v) is 7.62. The number of nitrogen functional groups attached to an aromatic ring is 1. The lowest BCUT2D eigenvalue weighted by Crippen LogP contribution is -2.35. The first-order valence-electron chi connectivity index (χ1n) is 7.37. The van der Waals surface area contributed by atoms with Crippen LogP contribution in [0.3, 0.4) is 0 Å². The predicted octanol–water partition coefficient (Wildman–Crippen LogP) is 1.81. The van der Waals surface area contributed by atoms with Crippen molar-refractivity contribution in [3.05, 3.63) is 23.3 Å². The monoisotopic (exact) mass is 312 g/mol. The summed E-state index contributed by atoms with van der Waals surface area (Å²) in [5.41, 5.74) is 8.24. The highest BCUT2D eigenvalue weighted by atomic mass is 32.2. The first-order valence-corrected chi connectivity index (χ1v) is 8.81. The number of aliphatic hydroxyl groups is 1. The molecule has 0 amide bonds. The maximum Gasteiger partial charge on any atom is 0.243 e. The average Bonchev–Trinajstić information content (AvgIpc) is 2.91. The van der Waals surface area contributed by atoms with E-state index in [2.05, 4.69) is 0 Å². The Morgan fingerprint density at radius 3 is 2.71 bits per heavy atom. The molecular weight excluding hydrogens is 288 g/mol. The average molecular weight is 312 g/mol. The van der Waals surface area contributed by atoms with Gasteiger partial charge in [-0.1, -0.05) is 0 Å². The molecule has 1 aromatic carbocycles. The number of nitrogens with zero attached hydrogens (tertiary/aromatic N) is 1. The number of anilines is 1. The predicted molar refractivity (Wildman–Crippen MR) is 83.6 cm³/mol. The highest BCUT2D eigenvalue weighted by Gasteiger charge is 2.35. The molecule has 0 saturated carbocycles. The van der Waals surface area contributed by atoms with Crippen molar-refractivity contribution >= 4 is 15.7 Å². The van der Waals surface area contributed by atoms with Gasteiger partial charge in [0.1, 0.15) is 0 Å². The third-order valence-corrected chi connectivity index (χ3v) is 6.24. The van der Waals surface area contributed by atoms with Crippen molar-refractivity contribution in [2.24, 2.45) is 0 Å². The third-order valence-electron chi connectivity index (χ3n) is 4.31. The van der Waals surface area contributed by atoms with Gasteiger partial charge in [-0.2, -0.15) is 4.31 Å². The molecule has 1 unspecified atom stereocenters. The maximum atomic E-state index is 12.8. The zero-order chi connectivity index (χ0) is 15.6. The van der Waals surface area contributed by atoms with Crippen LogP contribution >= 0.6 is 0 Å². The van der Waals surface area contributed by atoms with Crippen LogP contribution in [0, 0.1) is 13.8 Å². The van der Waals surface area contributed by atoms with E-state index in [1.165, 1.54) is 0 Å². The number of sulfonamides is 1. The zero-order valence-corrected chi connectivity index (χ0v) is 13.5. The summed E-state index contributed by atoms with van der Waals surface area (Å²) < 4.78 is 27.2. The van der Waals surface area contributed by atoms with Crippen LogP contribution in [0.4, 0.5) is 5.69 Å². The van der Waals surface area contributed by atoms with E-state index in [4.69, 9.17) is 10.8 Å². The van der Waals surface area contributed by atoms with Crippen molar-refractivity contribution in [1.82, 2.24) is 4.31 Å². The summed E-state index contributed by atoms with van der Waals surface area (Å²) in [6, 6.07) is 3.24. The fourth-order valence-corrected chi connectivity index (χ4v) is 4.72. The van der Waals surface area contributed by atoms with E-state index in [1.807, 2.05) is 13.8 Å². The van der Waals surface area contributed by atoms with Crippen LogP contribution in [-0.4, -0.2) is 37.0 Å². The Bertz CT molecular complexity index is 590. The summed E-state index contributed by atoms with van der Waals surface area (Å²) >= 11 is 0. The topological polar surface area (TPSA) is 83.6 Å². The van der Waals surface area contributed by atoms with Crippen LogP contribution < -0.4 is 5.73 Å². The van der Waals surface area contributed by atoms with Gasteiger partial charge in [-0.05, 0) is 62.8 Å². The van der Waals surface area contributed by atoms with E-state index in [9.17, 15) is 8.42 Å². The van der Waals surface area contributed by atoms with Crippen molar-refractivity contribution < 1.29 is 13.5 Å². The van der Waals surface area contributed by atoms with Gasteiger partial charge in [0, 0.05) is 24.9 Å². The van der Waals surface area contributed by atoms with Crippen LogP contribution in [0.1, 0.15) is 36.8 Å². The molecule has 1 heterocycles. The molecule has 0 radical (unpaired) electrons. The lowest BCUT2D eigenvalue weighted by molar-refractivity contribution is 0.264. The fourth-order valence-electron chi connectivity index (χ4n) is 2.88. The molecular formula is C15H24N2O3S. The normalized spacial score (nSPS) is 20.0. The Balaban J connectivity index is 2.33. The van der Waals surface area contributed by atoms with Crippen LogP contribution in [0.5, 0.6) is 0 Å². The van der Waals surface area contributed by atoms with Gasteiger partial charge >= 0.3 is 0 Å².